The highest BCUT2D eigenvalue weighted by Crippen LogP contribution is 2.23. The van der Waals surface area contributed by atoms with Crippen molar-refractivity contribution in [1.82, 2.24) is 4.90 Å². The van der Waals surface area contributed by atoms with E-state index < -0.39 is 12.0 Å². The molecule has 0 aromatic heterocycles. The van der Waals surface area contributed by atoms with Gasteiger partial charge in [0.15, 0.2) is 0 Å². The fourth-order valence-electron chi connectivity index (χ4n) is 3.50. The van der Waals surface area contributed by atoms with Crippen LogP contribution in [-0.4, -0.2) is 40.9 Å². The van der Waals surface area contributed by atoms with Gasteiger partial charge in [-0.2, -0.15) is 0 Å². The summed E-state index contributed by atoms with van der Waals surface area (Å²) >= 11 is 0. The molecule has 0 fully saturated rings. The van der Waals surface area contributed by atoms with Gasteiger partial charge in [0.2, 0.25) is 0 Å². The summed E-state index contributed by atoms with van der Waals surface area (Å²) in [6, 6.07) is 21.3. The first-order valence-corrected chi connectivity index (χ1v) is 11.4. The highest BCUT2D eigenvalue weighted by Gasteiger charge is 2.22. The lowest BCUT2D eigenvalue weighted by atomic mass is 10.0. The average molecular weight is 459 g/mol. The van der Waals surface area contributed by atoms with Crippen LogP contribution in [0.5, 0.6) is 0 Å². The monoisotopic (exact) mass is 458 g/mol. The van der Waals surface area contributed by atoms with Gasteiger partial charge in [-0.25, -0.2) is 4.79 Å². The second-order valence-corrected chi connectivity index (χ2v) is 8.34. The number of anilines is 1. The first kappa shape index (κ1) is 24.7. The highest BCUT2D eigenvalue weighted by molar-refractivity contribution is 6.04. The van der Waals surface area contributed by atoms with Crippen molar-refractivity contribution in [3.05, 3.63) is 89.5 Å². The number of likely N-dealkylation sites (N-methyl/N-ethyl adjacent to an activating group) is 1. The summed E-state index contributed by atoms with van der Waals surface area (Å²) in [4.78, 5) is 37.4. The molecule has 2 amide bonds. The zero-order valence-electron chi connectivity index (χ0n) is 19.7. The van der Waals surface area contributed by atoms with Crippen LogP contribution in [0.2, 0.25) is 0 Å². The Morgan fingerprint density at radius 3 is 1.91 bits per heavy atom. The SMILES string of the molecule is CCCCc1ccc(C(=O)Nc2ccc(-c3ccc(C(=O)N(C)[C@@H](C)C(=O)O)cc3)cc2)cc1. The van der Waals surface area contributed by atoms with E-state index in [4.69, 9.17) is 5.11 Å². The third kappa shape index (κ3) is 6.10. The van der Waals surface area contributed by atoms with Crippen LogP contribution in [-0.2, 0) is 11.2 Å². The van der Waals surface area contributed by atoms with Gasteiger partial charge in [-0.3, -0.25) is 9.59 Å². The van der Waals surface area contributed by atoms with Crippen LogP contribution < -0.4 is 5.32 Å². The predicted molar refractivity (Wildman–Crippen MR) is 134 cm³/mol. The Balaban J connectivity index is 1.63. The maximum Gasteiger partial charge on any atom is 0.326 e. The Morgan fingerprint density at radius 2 is 1.38 bits per heavy atom. The van der Waals surface area contributed by atoms with E-state index in [0.717, 1.165) is 30.4 Å². The zero-order valence-corrected chi connectivity index (χ0v) is 19.7. The Labute approximate surface area is 200 Å². The van der Waals surface area contributed by atoms with Crippen molar-refractivity contribution >= 4 is 23.5 Å². The Hall–Kier alpha value is -3.93. The van der Waals surface area contributed by atoms with Gasteiger partial charge in [-0.05, 0) is 72.9 Å². The maximum atomic E-state index is 12.6. The van der Waals surface area contributed by atoms with E-state index in [9.17, 15) is 14.4 Å². The summed E-state index contributed by atoms with van der Waals surface area (Å²) in [6.45, 7) is 3.63. The average Bonchev–Trinajstić information content (AvgIpc) is 2.87. The van der Waals surface area contributed by atoms with E-state index in [2.05, 4.69) is 12.2 Å². The molecule has 0 spiro atoms. The number of benzene rings is 3. The summed E-state index contributed by atoms with van der Waals surface area (Å²) in [5.74, 6) is -1.56. The van der Waals surface area contributed by atoms with Crippen molar-refractivity contribution in [3.63, 3.8) is 0 Å². The van der Waals surface area contributed by atoms with Crippen LogP contribution >= 0.6 is 0 Å². The summed E-state index contributed by atoms with van der Waals surface area (Å²) in [5, 5.41) is 12.0. The van der Waals surface area contributed by atoms with Crippen LogP contribution in [0.15, 0.2) is 72.8 Å². The largest absolute Gasteiger partial charge is 0.480 e. The summed E-state index contributed by atoms with van der Waals surface area (Å²) in [5.41, 5.74) is 4.81. The Bertz CT molecular complexity index is 1140. The molecule has 0 aliphatic heterocycles. The third-order valence-electron chi connectivity index (χ3n) is 5.90. The first-order valence-electron chi connectivity index (χ1n) is 11.4. The topological polar surface area (TPSA) is 86.7 Å². The molecular formula is C28H30N2O4. The van der Waals surface area contributed by atoms with Crippen molar-refractivity contribution in [1.29, 1.82) is 0 Å². The molecule has 6 nitrogen and oxygen atoms in total. The van der Waals surface area contributed by atoms with Gasteiger partial charge in [0, 0.05) is 23.9 Å². The molecule has 0 aliphatic carbocycles. The second-order valence-electron chi connectivity index (χ2n) is 8.34. The summed E-state index contributed by atoms with van der Waals surface area (Å²) in [6.07, 6.45) is 3.30. The van der Waals surface area contributed by atoms with E-state index in [1.54, 1.807) is 12.1 Å². The van der Waals surface area contributed by atoms with Gasteiger partial charge in [0.1, 0.15) is 6.04 Å². The van der Waals surface area contributed by atoms with Crippen molar-refractivity contribution < 1.29 is 19.5 Å². The van der Waals surface area contributed by atoms with Crippen molar-refractivity contribution in [2.45, 2.75) is 39.2 Å². The van der Waals surface area contributed by atoms with Gasteiger partial charge < -0.3 is 15.3 Å². The molecule has 0 unspecified atom stereocenters. The summed E-state index contributed by atoms with van der Waals surface area (Å²) < 4.78 is 0. The summed E-state index contributed by atoms with van der Waals surface area (Å²) in [7, 11) is 1.48. The zero-order chi connectivity index (χ0) is 24.7. The van der Waals surface area contributed by atoms with E-state index in [0.29, 0.717) is 16.8 Å². The highest BCUT2D eigenvalue weighted by atomic mass is 16.4. The number of aliphatic carboxylic acids is 1. The van der Waals surface area contributed by atoms with E-state index in [1.807, 2.05) is 60.7 Å². The first-order chi connectivity index (χ1) is 16.3. The number of carbonyl (C=O) groups excluding carboxylic acids is 2. The van der Waals surface area contributed by atoms with Gasteiger partial charge in [0.25, 0.3) is 11.8 Å². The van der Waals surface area contributed by atoms with Gasteiger partial charge in [0.05, 0.1) is 0 Å². The standard InChI is InChI=1S/C28H30N2O4/c1-4-5-6-20-7-9-23(10-8-20)26(31)29-25-17-15-22(16-18-25)21-11-13-24(14-12-21)27(32)30(3)19(2)28(33)34/h7-19H,4-6H2,1-3H3,(H,29,31)(H,33,34)/t19-/m0/s1. The van der Waals surface area contributed by atoms with E-state index in [-0.39, 0.29) is 11.8 Å². The quantitative estimate of drug-likeness (QED) is 0.444. The van der Waals surface area contributed by atoms with Crippen LogP contribution in [0.4, 0.5) is 5.69 Å². The molecule has 0 bridgehead atoms. The number of rotatable bonds is 9. The molecule has 34 heavy (non-hydrogen) atoms. The molecule has 0 saturated heterocycles. The van der Waals surface area contributed by atoms with Crippen molar-refractivity contribution in [2.24, 2.45) is 0 Å². The maximum absolute atomic E-state index is 12.6. The molecule has 2 N–H and O–H groups in total. The predicted octanol–water partition coefficient (Wildman–Crippen LogP) is 5.49. The molecular weight excluding hydrogens is 428 g/mol. The van der Waals surface area contributed by atoms with Gasteiger partial charge in [-0.1, -0.05) is 49.7 Å². The van der Waals surface area contributed by atoms with E-state index in [1.165, 1.54) is 24.4 Å². The lowest BCUT2D eigenvalue weighted by Crippen LogP contribution is -2.40. The Morgan fingerprint density at radius 1 is 0.853 bits per heavy atom. The lowest BCUT2D eigenvalue weighted by molar-refractivity contribution is -0.141. The van der Waals surface area contributed by atoms with Crippen LogP contribution in [0.1, 0.15) is 53.0 Å². The van der Waals surface area contributed by atoms with Crippen molar-refractivity contribution in [2.75, 3.05) is 12.4 Å². The number of aryl methyl sites for hydroxylation is 1. The molecule has 0 heterocycles. The lowest BCUT2D eigenvalue weighted by Gasteiger charge is -2.21. The number of hydrogen-bond donors (Lipinski definition) is 2. The van der Waals surface area contributed by atoms with Crippen LogP contribution in [0.3, 0.4) is 0 Å². The third-order valence-corrected chi connectivity index (χ3v) is 5.90. The van der Waals surface area contributed by atoms with Gasteiger partial charge >= 0.3 is 5.97 Å². The smallest absolute Gasteiger partial charge is 0.326 e. The molecule has 0 saturated carbocycles. The minimum atomic E-state index is -1.05. The molecule has 3 aromatic carbocycles. The van der Waals surface area contributed by atoms with Gasteiger partial charge in [-0.15, -0.1) is 0 Å². The normalized spacial score (nSPS) is 11.5. The molecule has 176 valence electrons. The van der Waals surface area contributed by atoms with Crippen LogP contribution in [0.25, 0.3) is 11.1 Å². The number of nitrogens with one attached hydrogen (secondary N) is 1. The number of carbonyl (C=O) groups is 3. The number of nitrogens with zero attached hydrogens (tertiary/aromatic N) is 1. The fraction of sp³-hybridized carbons (Fsp3) is 0.250. The minimum Gasteiger partial charge on any atom is -0.480 e. The molecule has 0 aliphatic rings. The number of carboxylic acids is 1. The van der Waals surface area contributed by atoms with E-state index >= 15 is 0 Å². The number of amides is 2. The number of hydrogen-bond acceptors (Lipinski definition) is 3. The fourth-order valence-corrected chi connectivity index (χ4v) is 3.50. The second kappa shape index (κ2) is 11.3. The molecule has 1 atom stereocenters. The molecule has 3 rings (SSSR count). The molecule has 6 heteroatoms. The number of unbranched alkanes of at least 4 members (excludes halogenated alkanes) is 1. The number of carboxylic acid groups (broad SMARTS) is 1. The molecule has 0 radical (unpaired) electrons. The van der Waals surface area contributed by atoms with Crippen molar-refractivity contribution in [3.8, 4) is 11.1 Å². The minimum absolute atomic E-state index is 0.155. The molecule has 3 aromatic rings. The van der Waals surface area contributed by atoms with Crippen LogP contribution in [0, 0.1) is 0 Å². The Kier molecular flexibility index (Phi) is 8.19.